The van der Waals surface area contributed by atoms with Gasteiger partial charge in [0.1, 0.15) is 6.04 Å². The first kappa shape index (κ1) is 17.5. The minimum Gasteiger partial charge on any atom is -0.372 e. The van der Waals surface area contributed by atoms with Gasteiger partial charge in [-0.25, -0.2) is 0 Å². The van der Waals surface area contributed by atoms with Crippen molar-refractivity contribution in [3.63, 3.8) is 0 Å². The highest BCUT2D eigenvalue weighted by Crippen LogP contribution is 2.32. The van der Waals surface area contributed by atoms with Crippen molar-refractivity contribution in [2.75, 3.05) is 5.32 Å². The molecule has 20 heavy (non-hydrogen) atoms. The molecular formula is C15H22Br2N2O. The Hall–Kier alpha value is -0.550. The maximum Gasteiger partial charge on any atom is 0.242 e. The molecule has 0 fully saturated rings. The van der Waals surface area contributed by atoms with Crippen molar-refractivity contribution in [2.24, 2.45) is 0 Å². The molecule has 2 N–H and O–H groups in total. The van der Waals surface area contributed by atoms with E-state index in [1.165, 1.54) is 0 Å². The number of hydrogen-bond donors (Lipinski definition) is 2. The van der Waals surface area contributed by atoms with Gasteiger partial charge in [-0.05, 0) is 76.2 Å². The number of halogens is 2. The molecule has 1 unspecified atom stereocenters. The Morgan fingerprint density at radius 2 is 1.70 bits per heavy atom. The Morgan fingerprint density at radius 3 is 2.15 bits per heavy atom. The number of benzene rings is 1. The van der Waals surface area contributed by atoms with Gasteiger partial charge in [0.05, 0.1) is 5.69 Å². The SMILES string of the molecule is CCC(CC)NC(=O)C(C)Nc1c(Br)cc(C)cc1Br. The smallest absolute Gasteiger partial charge is 0.242 e. The molecule has 1 aromatic carbocycles. The van der Waals surface area contributed by atoms with Crippen LogP contribution >= 0.6 is 31.9 Å². The standard InChI is InChI=1S/C15H22Br2N2O/c1-5-11(6-2)19-15(20)10(4)18-14-12(16)7-9(3)8-13(14)17/h7-8,10-11,18H,5-6H2,1-4H3,(H,19,20). The summed E-state index contributed by atoms with van der Waals surface area (Å²) in [5.74, 6) is 0.0260. The summed E-state index contributed by atoms with van der Waals surface area (Å²) in [6, 6.07) is 4.01. The molecule has 1 aromatic rings. The van der Waals surface area contributed by atoms with Crippen LogP contribution in [-0.4, -0.2) is 18.0 Å². The van der Waals surface area contributed by atoms with Crippen LogP contribution in [0.1, 0.15) is 39.2 Å². The van der Waals surface area contributed by atoms with Crippen molar-refractivity contribution in [3.05, 3.63) is 26.6 Å². The molecule has 0 aliphatic rings. The maximum atomic E-state index is 12.2. The van der Waals surface area contributed by atoms with Gasteiger partial charge in [-0.2, -0.15) is 0 Å². The van der Waals surface area contributed by atoms with Crippen LogP contribution in [0.2, 0.25) is 0 Å². The normalized spacial score (nSPS) is 12.3. The zero-order valence-corrected chi connectivity index (χ0v) is 15.6. The van der Waals surface area contributed by atoms with E-state index in [0.717, 1.165) is 33.0 Å². The summed E-state index contributed by atoms with van der Waals surface area (Å²) in [4.78, 5) is 12.2. The average molecular weight is 406 g/mol. The van der Waals surface area contributed by atoms with Crippen LogP contribution in [-0.2, 0) is 4.79 Å². The Labute approximate surface area is 138 Å². The number of rotatable bonds is 6. The number of hydrogen-bond acceptors (Lipinski definition) is 2. The summed E-state index contributed by atoms with van der Waals surface area (Å²) in [6.07, 6.45) is 1.90. The lowest BCUT2D eigenvalue weighted by Gasteiger charge is -2.21. The maximum absolute atomic E-state index is 12.2. The van der Waals surface area contributed by atoms with Crippen LogP contribution < -0.4 is 10.6 Å². The van der Waals surface area contributed by atoms with Crippen molar-refractivity contribution in [2.45, 2.75) is 52.6 Å². The second-order valence-electron chi connectivity index (χ2n) is 4.99. The zero-order valence-electron chi connectivity index (χ0n) is 12.4. The molecule has 0 aliphatic heterocycles. The molecule has 3 nitrogen and oxygen atoms in total. The Kier molecular flexibility index (Phi) is 7.03. The van der Waals surface area contributed by atoms with Gasteiger partial charge in [0.2, 0.25) is 5.91 Å². The molecule has 0 radical (unpaired) electrons. The Bertz CT molecular complexity index is 450. The van der Waals surface area contributed by atoms with Crippen molar-refractivity contribution >= 4 is 43.5 Å². The van der Waals surface area contributed by atoms with Gasteiger partial charge in [0.25, 0.3) is 0 Å². The molecule has 112 valence electrons. The van der Waals surface area contributed by atoms with E-state index in [0.29, 0.717) is 0 Å². The number of carbonyl (C=O) groups excluding carboxylic acids is 1. The fraction of sp³-hybridized carbons (Fsp3) is 0.533. The van der Waals surface area contributed by atoms with Crippen LogP contribution in [0.4, 0.5) is 5.69 Å². The van der Waals surface area contributed by atoms with Crippen molar-refractivity contribution in [1.82, 2.24) is 5.32 Å². The highest BCUT2D eigenvalue weighted by molar-refractivity contribution is 9.11. The van der Waals surface area contributed by atoms with E-state index in [-0.39, 0.29) is 18.0 Å². The first-order valence-corrected chi connectivity index (χ1v) is 8.50. The molecule has 0 spiro atoms. The van der Waals surface area contributed by atoms with E-state index in [9.17, 15) is 4.79 Å². The first-order chi connectivity index (χ1) is 9.38. The predicted octanol–water partition coefficient (Wildman–Crippen LogP) is 4.63. The predicted molar refractivity (Wildman–Crippen MR) is 92.2 cm³/mol. The summed E-state index contributed by atoms with van der Waals surface area (Å²) < 4.78 is 1.90. The fourth-order valence-corrected chi connectivity index (χ4v) is 3.58. The molecule has 0 heterocycles. The molecule has 0 bridgehead atoms. The Balaban J connectivity index is 2.76. The van der Waals surface area contributed by atoms with E-state index >= 15 is 0 Å². The molecule has 0 aromatic heterocycles. The van der Waals surface area contributed by atoms with Gasteiger partial charge < -0.3 is 10.6 Å². The van der Waals surface area contributed by atoms with Gasteiger partial charge in [-0.3, -0.25) is 4.79 Å². The molecule has 1 atom stereocenters. The third-order valence-corrected chi connectivity index (χ3v) is 4.52. The van der Waals surface area contributed by atoms with Gasteiger partial charge in [-0.1, -0.05) is 13.8 Å². The van der Waals surface area contributed by atoms with Crippen molar-refractivity contribution in [3.8, 4) is 0 Å². The van der Waals surface area contributed by atoms with E-state index in [2.05, 4.69) is 56.3 Å². The second-order valence-corrected chi connectivity index (χ2v) is 6.70. The van der Waals surface area contributed by atoms with E-state index < -0.39 is 0 Å². The minimum atomic E-state index is -0.286. The minimum absolute atomic E-state index is 0.0260. The highest BCUT2D eigenvalue weighted by Gasteiger charge is 2.17. The van der Waals surface area contributed by atoms with E-state index in [4.69, 9.17) is 0 Å². The average Bonchev–Trinajstić information content (AvgIpc) is 2.39. The van der Waals surface area contributed by atoms with Crippen molar-refractivity contribution in [1.29, 1.82) is 0 Å². The van der Waals surface area contributed by atoms with Crippen LogP contribution in [0.15, 0.2) is 21.1 Å². The van der Waals surface area contributed by atoms with Crippen LogP contribution in [0.5, 0.6) is 0 Å². The second kappa shape index (κ2) is 8.03. The van der Waals surface area contributed by atoms with Gasteiger partial charge in [0.15, 0.2) is 0 Å². The monoisotopic (exact) mass is 404 g/mol. The molecule has 0 saturated carbocycles. The van der Waals surface area contributed by atoms with Crippen LogP contribution in [0, 0.1) is 6.92 Å². The summed E-state index contributed by atoms with van der Waals surface area (Å²) >= 11 is 7.06. The van der Waals surface area contributed by atoms with Crippen molar-refractivity contribution < 1.29 is 4.79 Å². The fourth-order valence-electron chi connectivity index (χ4n) is 1.94. The summed E-state index contributed by atoms with van der Waals surface area (Å²) in [5.41, 5.74) is 2.06. The van der Waals surface area contributed by atoms with E-state index in [1.54, 1.807) is 0 Å². The van der Waals surface area contributed by atoms with Crippen LogP contribution in [0.3, 0.4) is 0 Å². The molecule has 0 saturated heterocycles. The number of amides is 1. The molecule has 0 aliphatic carbocycles. The largest absolute Gasteiger partial charge is 0.372 e. The third kappa shape index (κ3) is 4.77. The van der Waals surface area contributed by atoms with Gasteiger partial charge in [-0.15, -0.1) is 0 Å². The Morgan fingerprint density at radius 1 is 1.20 bits per heavy atom. The lowest BCUT2D eigenvalue weighted by molar-refractivity contribution is -0.122. The first-order valence-electron chi connectivity index (χ1n) is 6.91. The topological polar surface area (TPSA) is 41.1 Å². The number of anilines is 1. The van der Waals surface area contributed by atoms with Crippen LogP contribution in [0.25, 0.3) is 0 Å². The lowest BCUT2D eigenvalue weighted by atomic mass is 10.1. The zero-order chi connectivity index (χ0) is 15.3. The lowest BCUT2D eigenvalue weighted by Crippen LogP contribution is -2.42. The van der Waals surface area contributed by atoms with Gasteiger partial charge >= 0.3 is 0 Å². The summed E-state index contributed by atoms with van der Waals surface area (Å²) in [5, 5.41) is 6.31. The van der Waals surface area contributed by atoms with E-state index in [1.807, 2.05) is 26.0 Å². The third-order valence-electron chi connectivity index (χ3n) is 3.27. The number of carbonyl (C=O) groups is 1. The molecule has 5 heteroatoms. The number of aryl methyl sites for hydroxylation is 1. The molecular weight excluding hydrogens is 384 g/mol. The summed E-state index contributed by atoms with van der Waals surface area (Å²) in [6.45, 7) is 8.07. The number of nitrogens with one attached hydrogen (secondary N) is 2. The quantitative estimate of drug-likeness (QED) is 0.724. The summed E-state index contributed by atoms with van der Waals surface area (Å²) in [7, 11) is 0. The highest BCUT2D eigenvalue weighted by atomic mass is 79.9. The molecule has 1 rings (SSSR count). The van der Waals surface area contributed by atoms with Gasteiger partial charge in [0, 0.05) is 15.0 Å². The molecule has 1 amide bonds.